The lowest BCUT2D eigenvalue weighted by molar-refractivity contribution is 0.151. The molecule has 0 amide bonds. The third-order valence-electron chi connectivity index (χ3n) is 8.36. The molecule has 0 spiro atoms. The highest BCUT2D eigenvalue weighted by atomic mass is 79.9. The molecule has 4 heterocycles. The van der Waals surface area contributed by atoms with Crippen LogP contribution in [-0.4, -0.2) is 63.3 Å². The summed E-state index contributed by atoms with van der Waals surface area (Å²) in [5, 5.41) is 0. The van der Waals surface area contributed by atoms with Gasteiger partial charge in [-0.25, -0.2) is 0 Å². The Morgan fingerprint density at radius 1 is 0.543 bits per heavy atom. The smallest absolute Gasteiger partial charge is 0.138 e. The van der Waals surface area contributed by atoms with Crippen molar-refractivity contribution in [3.8, 4) is 23.0 Å². The van der Waals surface area contributed by atoms with E-state index in [2.05, 4.69) is 106 Å². The Hall–Kier alpha value is -3.56. The zero-order chi connectivity index (χ0) is 31.9. The van der Waals surface area contributed by atoms with Gasteiger partial charge in [0.25, 0.3) is 0 Å². The summed E-state index contributed by atoms with van der Waals surface area (Å²) in [6.07, 6.45) is 2.15. The molecule has 8 heteroatoms. The number of hydrogen-bond donors (Lipinski definition) is 0. The van der Waals surface area contributed by atoms with Crippen LogP contribution in [0.2, 0.25) is 0 Å². The summed E-state index contributed by atoms with van der Waals surface area (Å²) in [5.74, 6) is 5.40. The van der Waals surface area contributed by atoms with Crippen molar-refractivity contribution in [2.45, 2.75) is 25.0 Å². The number of fused-ring (bicyclic) bond motifs is 8. The van der Waals surface area contributed by atoms with Gasteiger partial charge in [0.15, 0.2) is 0 Å². The number of ether oxygens (including phenoxy) is 4. The van der Waals surface area contributed by atoms with Crippen LogP contribution >= 0.6 is 31.9 Å². The molecular formula is C38H36Br2N2O4. The first-order valence-electron chi connectivity index (χ1n) is 15.5. The van der Waals surface area contributed by atoms with Gasteiger partial charge in [0.2, 0.25) is 0 Å². The zero-order valence-corrected chi connectivity index (χ0v) is 29.5. The molecule has 0 radical (unpaired) electrons. The number of rotatable bonds is 4. The Kier molecular flexibility index (Phi) is 8.72. The van der Waals surface area contributed by atoms with Crippen LogP contribution < -0.4 is 9.47 Å². The highest BCUT2D eigenvalue weighted by Gasteiger charge is 2.35. The average molecular weight is 745 g/mol. The maximum atomic E-state index is 6.33. The summed E-state index contributed by atoms with van der Waals surface area (Å²) in [6.45, 7) is 1.80. The molecule has 8 rings (SSSR count). The first kappa shape index (κ1) is 31.1. The van der Waals surface area contributed by atoms with Crippen LogP contribution in [0.25, 0.3) is 22.7 Å². The molecule has 0 bridgehead atoms. The third-order valence-corrected chi connectivity index (χ3v) is 9.34. The van der Waals surface area contributed by atoms with Crippen LogP contribution in [0.15, 0.2) is 93.9 Å². The monoisotopic (exact) mass is 742 g/mol. The van der Waals surface area contributed by atoms with Gasteiger partial charge in [-0.15, -0.1) is 0 Å². The van der Waals surface area contributed by atoms with Crippen molar-refractivity contribution < 1.29 is 18.9 Å². The van der Waals surface area contributed by atoms with Crippen LogP contribution in [0.5, 0.6) is 23.0 Å². The second kappa shape index (κ2) is 12.9. The molecule has 0 aromatic heterocycles. The zero-order valence-electron chi connectivity index (χ0n) is 26.3. The highest BCUT2D eigenvalue weighted by molar-refractivity contribution is 9.10. The van der Waals surface area contributed by atoms with E-state index in [-0.39, 0.29) is 12.2 Å². The van der Waals surface area contributed by atoms with Crippen molar-refractivity contribution in [3.05, 3.63) is 116 Å². The van der Waals surface area contributed by atoms with E-state index in [4.69, 9.17) is 18.9 Å². The maximum absolute atomic E-state index is 6.33. The summed E-state index contributed by atoms with van der Waals surface area (Å²) in [4.78, 5) is 4.34. The minimum Gasteiger partial charge on any atom is -0.488 e. The van der Waals surface area contributed by atoms with Crippen molar-refractivity contribution in [2.24, 2.45) is 0 Å². The van der Waals surface area contributed by atoms with E-state index in [0.29, 0.717) is 0 Å². The number of para-hydroxylation sites is 2. The summed E-state index contributed by atoms with van der Waals surface area (Å²) < 4.78 is 27.0. The maximum Gasteiger partial charge on any atom is 0.138 e. The molecule has 2 unspecified atom stereocenters. The van der Waals surface area contributed by atoms with Crippen LogP contribution in [0.3, 0.4) is 0 Å². The average Bonchev–Trinajstić information content (AvgIpc) is 3.57. The minimum absolute atomic E-state index is 0.174. The van der Waals surface area contributed by atoms with E-state index in [0.717, 1.165) is 91.6 Å². The molecular weight excluding hydrogens is 708 g/mol. The Morgan fingerprint density at radius 2 is 0.935 bits per heavy atom. The topological polar surface area (TPSA) is 43.4 Å². The van der Waals surface area contributed by atoms with Crippen molar-refractivity contribution in [3.63, 3.8) is 0 Å². The SMILES string of the molecule is CN(C)CC1CC2=C(O1)c1cc(Br)ccc1Oc1ccccc12.CN(C)CC1CC2=C(O1)c1cc(Br)ccc1Oc1ccccc12. The number of nitrogens with zero attached hydrogens (tertiary/aromatic N) is 2. The molecule has 6 nitrogen and oxygen atoms in total. The van der Waals surface area contributed by atoms with Gasteiger partial charge < -0.3 is 28.7 Å². The molecule has 0 saturated carbocycles. The molecule has 46 heavy (non-hydrogen) atoms. The third kappa shape index (κ3) is 6.24. The van der Waals surface area contributed by atoms with Crippen LogP contribution in [0.1, 0.15) is 35.1 Å². The summed E-state index contributed by atoms with van der Waals surface area (Å²) in [5.41, 5.74) is 6.79. The van der Waals surface area contributed by atoms with Gasteiger partial charge in [-0.05, 0) is 76.7 Å². The van der Waals surface area contributed by atoms with Crippen molar-refractivity contribution >= 4 is 54.5 Å². The quantitative estimate of drug-likeness (QED) is 0.208. The highest BCUT2D eigenvalue weighted by Crippen LogP contribution is 2.50. The Balaban J connectivity index is 0.000000147. The minimum atomic E-state index is 0.174. The number of likely N-dealkylation sites (N-methyl/N-ethyl adjacent to an activating group) is 2. The van der Waals surface area contributed by atoms with Crippen molar-refractivity contribution in [1.29, 1.82) is 0 Å². The standard InChI is InChI=1S/2C19H18BrNO2/c2*1-21(2)11-13-10-15-14-5-3-4-6-17(14)23-18-8-7-12(20)9-16(18)19(15)22-13/h2*3-9,13H,10-11H2,1-2H3. The van der Waals surface area contributed by atoms with E-state index in [1.807, 2.05) is 48.5 Å². The van der Waals surface area contributed by atoms with Gasteiger partial charge in [0.1, 0.15) is 46.7 Å². The normalized spacial score (nSPS) is 18.7. The lowest BCUT2D eigenvalue weighted by Crippen LogP contribution is -2.25. The van der Waals surface area contributed by atoms with Gasteiger partial charge in [-0.2, -0.15) is 0 Å². The largest absolute Gasteiger partial charge is 0.488 e. The van der Waals surface area contributed by atoms with Crippen LogP contribution in [0, 0.1) is 0 Å². The lowest BCUT2D eigenvalue weighted by Gasteiger charge is -2.19. The second-order valence-corrected chi connectivity index (χ2v) is 14.3. The fraction of sp³-hybridized carbons (Fsp3) is 0.263. The Labute approximate surface area is 287 Å². The van der Waals surface area contributed by atoms with Crippen LogP contribution in [-0.2, 0) is 9.47 Å². The van der Waals surface area contributed by atoms with Gasteiger partial charge in [0.05, 0.1) is 11.1 Å². The molecule has 236 valence electrons. The van der Waals surface area contributed by atoms with Crippen molar-refractivity contribution in [1.82, 2.24) is 9.80 Å². The summed E-state index contributed by atoms with van der Waals surface area (Å²) >= 11 is 7.12. The molecule has 4 aliphatic rings. The lowest BCUT2D eigenvalue weighted by atomic mass is 9.98. The number of hydrogen-bond acceptors (Lipinski definition) is 6. The molecule has 0 N–H and O–H groups in total. The van der Waals surface area contributed by atoms with Crippen molar-refractivity contribution in [2.75, 3.05) is 41.3 Å². The molecule has 0 aliphatic carbocycles. The summed E-state index contributed by atoms with van der Waals surface area (Å²) in [6, 6.07) is 28.6. The molecule has 4 aliphatic heterocycles. The first-order valence-corrected chi connectivity index (χ1v) is 17.1. The van der Waals surface area contributed by atoms with E-state index in [9.17, 15) is 0 Å². The molecule has 0 saturated heterocycles. The fourth-order valence-corrected chi connectivity index (χ4v) is 7.24. The number of benzene rings is 4. The molecule has 2 atom stereocenters. The molecule has 4 aromatic carbocycles. The molecule has 0 fully saturated rings. The van der Waals surface area contributed by atoms with E-state index in [1.54, 1.807) is 0 Å². The Bertz CT molecular complexity index is 1730. The predicted molar refractivity (Wildman–Crippen MR) is 191 cm³/mol. The summed E-state index contributed by atoms with van der Waals surface area (Å²) in [7, 11) is 8.31. The predicted octanol–water partition coefficient (Wildman–Crippen LogP) is 9.55. The van der Waals surface area contributed by atoms with Gasteiger partial charge in [-0.3, -0.25) is 0 Å². The van der Waals surface area contributed by atoms with Gasteiger partial charge in [-0.1, -0.05) is 68.3 Å². The fourth-order valence-electron chi connectivity index (χ4n) is 6.52. The molecule has 4 aromatic rings. The van der Waals surface area contributed by atoms with E-state index in [1.165, 1.54) is 11.1 Å². The van der Waals surface area contributed by atoms with Crippen LogP contribution in [0.4, 0.5) is 0 Å². The number of halogens is 2. The Morgan fingerprint density at radius 3 is 1.35 bits per heavy atom. The van der Waals surface area contributed by atoms with E-state index >= 15 is 0 Å². The van der Waals surface area contributed by atoms with E-state index < -0.39 is 0 Å². The van der Waals surface area contributed by atoms with Gasteiger partial charge >= 0.3 is 0 Å². The second-order valence-electron chi connectivity index (χ2n) is 12.5. The first-order chi connectivity index (χ1) is 22.2. The van der Waals surface area contributed by atoms with Gasteiger partial charge in [0, 0.05) is 57.1 Å².